The average molecular weight is 506 g/mol. The molecule has 190 valence electrons. The zero-order valence-corrected chi connectivity index (χ0v) is 19.8. The molecule has 10 heteroatoms. The number of ether oxygens (including phenoxy) is 3. The molecular formula is C27H22O10. The summed E-state index contributed by atoms with van der Waals surface area (Å²) < 4.78 is 22.7. The molecule has 0 bridgehead atoms. The lowest BCUT2D eigenvalue weighted by atomic mass is 9.84. The van der Waals surface area contributed by atoms with Crippen molar-refractivity contribution in [2.24, 2.45) is 0 Å². The van der Waals surface area contributed by atoms with Crippen LogP contribution >= 0.6 is 0 Å². The molecule has 1 aliphatic heterocycles. The van der Waals surface area contributed by atoms with Crippen molar-refractivity contribution in [1.82, 2.24) is 0 Å². The number of esters is 1. The topological polar surface area (TPSA) is 156 Å². The zero-order valence-electron chi connectivity index (χ0n) is 19.8. The molecule has 4 aromatic rings. The summed E-state index contributed by atoms with van der Waals surface area (Å²) in [6, 6.07) is 9.93. The van der Waals surface area contributed by atoms with Gasteiger partial charge in [0.15, 0.2) is 28.8 Å². The molecule has 1 aliphatic rings. The molecule has 2 heterocycles. The second-order valence-corrected chi connectivity index (χ2v) is 8.37. The van der Waals surface area contributed by atoms with Crippen LogP contribution in [0, 0.1) is 0 Å². The molecule has 0 fully saturated rings. The van der Waals surface area contributed by atoms with Crippen LogP contribution in [-0.4, -0.2) is 40.1 Å². The predicted molar refractivity (Wildman–Crippen MR) is 131 cm³/mol. The minimum atomic E-state index is -0.935. The first-order valence-corrected chi connectivity index (χ1v) is 11.3. The molecule has 0 radical (unpaired) electrons. The maximum absolute atomic E-state index is 13.2. The third-order valence-electron chi connectivity index (χ3n) is 6.20. The Bertz CT molecular complexity index is 1620. The van der Waals surface area contributed by atoms with Crippen LogP contribution in [0.3, 0.4) is 0 Å². The lowest BCUT2D eigenvalue weighted by molar-refractivity contribution is -0.135. The van der Waals surface area contributed by atoms with Gasteiger partial charge in [0.1, 0.15) is 22.5 Å². The summed E-state index contributed by atoms with van der Waals surface area (Å²) >= 11 is 0. The van der Waals surface area contributed by atoms with Crippen LogP contribution in [0.5, 0.6) is 40.2 Å². The first kappa shape index (κ1) is 23.9. The van der Waals surface area contributed by atoms with Crippen LogP contribution in [0.2, 0.25) is 0 Å². The van der Waals surface area contributed by atoms with Gasteiger partial charge in [-0.2, -0.15) is 0 Å². The third-order valence-corrected chi connectivity index (χ3v) is 6.20. The van der Waals surface area contributed by atoms with Crippen molar-refractivity contribution in [3.63, 3.8) is 0 Å². The second-order valence-electron chi connectivity index (χ2n) is 8.37. The van der Waals surface area contributed by atoms with Crippen molar-refractivity contribution in [2.75, 3.05) is 13.7 Å². The summed E-state index contributed by atoms with van der Waals surface area (Å²) in [5.41, 5.74) is -0.128. The highest BCUT2D eigenvalue weighted by Gasteiger charge is 2.36. The number of rotatable bonds is 5. The molecule has 0 saturated carbocycles. The Kier molecular flexibility index (Phi) is 5.79. The molecule has 5 rings (SSSR count). The first-order valence-electron chi connectivity index (χ1n) is 11.3. The molecule has 0 amide bonds. The van der Waals surface area contributed by atoms with Gasteiger partial charge < -0.3 is 39.1 Å². The minimum absolute atomic E-state index is 0.0233. The Balaban J connectivity index is 1.86. The highest BCUT2D eigenvalue weighted by Crippen LogP contribution is 2.50. The fourth-order valence-electron chi connectivity index (χ4n) is 4.57. The van der Waals surface area contributed by atoms with Gasteiger partial charge in [0.25, 0.3) is 0 Å². The summed E-state index contributed by atoms with van der Waals surface area (Å²) in [4.78, 5) is 25.8. The minimum Gasteiger partial charge on any atom is -0.507 e. The molecule has 3 aromatic carbocycles. The van der Waals surface area contributed by atoms with E-state index in [1.807, 2.05) is 0 Å². The van der Waals surface area contributed by atoms with E-state index in [1.54, 1.807) is 25.1 Å². The number of hydrogen-bond donors (Lipinski definition) is 4. The van der Waals surface area contributed by atoms with Crippen molar-refractivity contribution in [2.45, 2.75) is 19.3 Å². The number of phenols is 3. The molecule has 1 aromatic heterocycles. The standard InChI is InChI=1S/C27H22O10/c1-3-35-26-13(5-4-6-18(26)34-2)14-10-20(31)36-19-11-17(30)22-23(32)24(33)25(37-27(22)21(14)19)12-7-8-15(28)16(29)9-12/h4-9,11,14,28-30,33H,3,10H2,1-2H3/t14-/m1/s1. The quantitative estimate of drug-likeness (QED) is 0.176. The largest absolute Gasteiger partial charge is 0.507 e. The van der Waals surface area contributed by atoms with Crippen molar-refractivity contribution in [3.8, 4) is 51.6 Å². The Labute approximate surface area is 209 Å². The molecule has 10 nitrogen and oxygen atoms in total. The van der Waals surface area contributed by atoms with E-state index >= 15 is 0 Å². The normalized spacial score (nSPS) is 14.8. The van der Waals surface area contributed by atoms with Crippen LogP contribution in [0.4, 0.5) is 0 Å². The average Bonchev–Trinajstić information content (AvgIpc) is 2.87. The molecule has 0 saturated heterocycles. The van der Waals surface area contributed by atoms with Gasteiger partial charge >= 0.3 is 5.97 Å². The van der Waals surface area contributed by atoms with Crippen LogP contribution in [0.1, 0.15) is 30.4 Å². The van der Waals surface area contributed by atoms with E-state index in [0.29, 0.717) is 23.7 Å². The Morgan fingerprint density at radius 2 is 1.78 bits per heavy atom. The number of para-hydroxylation sites is 1. The fourth-order valence-corrected chi connectivity index (χ4v) is 4.57. The summed E-state index contributed by atoms with van der Waals surface area (Å²) in [5, 5.41) is 40.6. The lowest BCUT2D eigenvalue weighted by Crippen LogP contribution is -2.22. The van der Waals surface area contributed by atoms with Gasteiger partial charge in [-0.3, -0.25) is 9.59 Å². The van der Waals surface area contributed by atoms with Crippen LogP contribution in [0.25, 0.3) is 22.3 Å². The Morgan fingerprint density at radius 1 is 1.00 bits per heavy atom. The maximum atomic E-state index is 13.2. The SMILES string of the molecule is CCOc1c(OC)cccc1[C@H]1CC(=O)Oc2cc(O)c3c(=O)c(O)c(-c4ccc(O)c(O)c4)oc3c21. The summed E-state index contributed by atoms with van der Waals surface area (Å²) in [7, 11) is 1.49. The Hall–Kier alpha value is -4.86. The number of carbonyl (C=O) groups excluding carboxylic acids is 1. The van der Waals surface area contributed by atoms with Crippen molar-refractivity contribution in [1.29, 1.82) is 0 Å². The number of benzene rings is 3. The van der Waals surface area contributed by atoms with E-state index in [2.05, 4.69) is 0 Å². The number of methoxy groups -OCH3 is 1. The van der Waals surface area contributed by atoms with E-state index in [-0.39, 0.29) is 40.0 Å². The molecule has 0 aliphatic carbocycles. The number of carbonyl (C=O) groups is 1. The smallest absolute Gasteiger partial charge is 0.312 e. The Morgan fingerprint density at radius 3 is 2.49 bits per heavy atom. The van der Waals surface area contributed by atoms with Gasteiger partial charge in [-0.25, -0.2) is 0 Å². The van der Waals surface area contributed by atoms with E-state index in [0.717, 1.165) is 12.1 Å². The predicted octanol–water partition coefficient (Wildman–Crippen LogP) is 4.13. The van der Waals surface area contributed by atoms with E-state index in [1.165, 1.54) is 19.2 Å². The van der Waals surface area contributed by atoms with Crippen molar-refractivity contribution in [3.05, 3.63) is 63.8 Å². The van der Waals surface area contributed by atoms with Crippen molar-refractivity contribution < 1.29 is 43.8 Å². The molecule has 37 heavy (non-hydrogen) atoms. The number of aromatic hydroxyl groups is 4. The van der Waals surface area contributed by atoms with Gasteiger partial charge in [0.05, 0.1) is 20.1 Å². The fraction of sp³-hybridized carbons (Fsp3) is 0.185. The third kappa shape index (κ3) is 3.83. The van der Waals surface area contributed by atoms with E-state index in [9.17, 15) is 30.0 Å². The van der Waals surface area contributed by atoms with Crippen LogP contribution < -0.4 is 19.6 Å². The summed E-state index contributed by atoms with van der Waals surface area (Å²) in [6.45, 7) is 2.11. The van der Waals surface area contributed by atoms with Gasteiger partial charge in [-0.1, -0.05) is 12.1 Å². The van der Waals surface area contributed by atoms with E-state index < -0.39 is 40.3 Å². The van der Waals surface area contributed by atoms with E-state index in [4.69, 9.17) is 18.6 Å². The van der Waals surface area contributed by atoms with Gasteiger partial charge in [0.2, 0.25) is 11.2 Å². The van der Waals surface area contributed by atoms with Crippen LogP contribution in [-0.2, 0) is 4.79 Å². The first-order chi connectivity index (χ1) is 17.7. The summed E-state index contributed by atoms with van der Waals surface area (Å²) in [6.07, 6.45) is -0.139. The molecule has 0 unspecified atom stereocenters. The molecule has 0 spiro atoms. The molecule has 1 atom stereocenters. The second kappa shape index (κ2) is 8.98. The van der Waals surface area contributed by atoms with Gasteiger partial charge in [-0.15, -0.1) is 0 Å². The monoisotopic (exact) mass is 506 g/mol. The maximum Gasteiger partial charge on any atom is 0.312 e. The number of hydrogen-bond acceptors (Lipinski definition) is 10. The van der Waals surface area contributed by atoms with Crippen LogP contribution in [0.15, 0.2) is 51.7 Å². The molecule has 4 N–H and O–H groups in total. The summed E-state index contributed by atoms with van der Waals surface area (Å²) in [5.74, 6) is -3.09. The number of phenolic OH excluding ortho intramolecular Hbond substituents is 3. The van der Waals surface area contributed by atoms with Gasteiger partial charge in [0, 0.05) is 28.7 Å². The molecular weight excluding hydrogens is 484 g/mol. The van der Waals surface area contributed by atoms with Crippen molar-refractivity contribution >= 4 is 16.9 Å². The highest BCUT2D eigenvalue weighted by atomic mass is 16.5. The lowest BCUT2D eigenvalue weighted by Gasteiger charge is -2.28. The highest BCUT2D eigenvalue weighted by molar-refractivity contribution is 5.94. The van der Waals surface area contributed by atoms with Gasteiger partial charge in [-0.05, 0) is 31.2 Å². The number of fused-ring (bicyclic) bond motifs is 3. The zero-order chi connectivity index (χ0) is 26.4.